The van der Waals surface area contributed by atoms with Gasteiger partial charge in [0.05, 0.1) is 23.9 Å². The summed E-state index contributed by atoms with van der Waals surface area (Å²) in [7, 11) is 1.46. The van der Waals surface area contributed by atoms with Crippen molar-refractivity contribution in [2.75, 3.05) is 11.9 Å². The van der Waals surface area contributed by atoms with Gasteiger partial charge in [0.2, 0.25) is 0 Å². The van der Waals surface area contributed by atoms with E-state index in [2.05, 4.69) is 10.8 Å². The second-order valence-electron chi connectivity index (χ2n) is 6.40. The van der Waals surface area contributed by atoms with Crippen molar-refractivity contribution in [2.24, 2.45) is 7.05 Å². The SMILES string of the molecule is Cc1ccc(Nc2c(C(=O)NOC(C)CO)c3occc3c(=O)n2C)c(F)c1. The van der Waals surface area contributed by atoms with Crippen LogP contribution in [0.15, 0.2) is 39.7 Å². The number of halogens is 1. The topological polar surface area (TPSA) is 106 Å². The van der Waals surface area contributed by atoms with E-state index in [1.165, 1.54) is 36.1 Å². The minimum atomic E-state index is -0.717. The number of aliphatic hydroxyl groups excluding tert-OH is 1. The van der Waals surface area contributed by atoms with Gasteiger partial charge in [0.1, 0.15) is 23.3 Å². The molecule has 0 bridgehead atoms. The smallest absolute Gasteiger partial charge is 0.282 e. The number of carbonyl (C=O) groups excluding carboxylic acids is 1. The number of aryl methyl sites for hydroxylation is 1. The average Bonchev–Trinajstić information content (AvgIpc) is 3.15. The lowest BCUT2D eigenvalue weighted by molar-refractivity contribution is -0.0303. The molecule has 148 valence electrons. The number of pyridine rings is 1. The Balaban J connectivity index is 2.13. The third kappa shape index (κ3) is 3.62. The van der Waals surface area contributed by atoms with Crippen LogP contribution in [0, 0.1) is 12.7 Å². The molecule has 0 radical (unpaired) electrons. The van der Waals surface area contributed by atoms with Gasteiger partial charge in [0.25, 0.3) is 11.5 Å². The molecule has 3 rings (SSSR count). The molecule has 3 aromatic rings. The lowest BCUT2D eigenvalue weighted by Gasteiger charge is -2.17. The molecule has 8 nitrogen and oxygen atoms in total. The highest BCUT2D eigenvalue weighted by Crippen LogP contribution is 2.28. The van der Waals surface area contributed by atoms with Crippen LogP contribution in [-0.2, 0) is 11.9 Å². The van der Waals surface area contributed by atoms with E-state index in [9.17, 15) is 14.0 Å². The fraction of sp³-hybridized carbons (Fsp3) is 0.263. The highest BCUT2D eigenvalue weighted by Gasteiger charge is 2.24. The van der Waals surface area contributed by atoms with Crippen molar-refractivity contribution in [1.29, 1.82) is 0 Å². The Morgan fingerprint density at radius 2 is 2.14 bits per heavy atom. The van der Waals surface area contributed by atoms with Gasteiger partial charge in [-0.15, -0.1) is 0 Å². The van der Waals surface area contributed by atoms with Crippen LogP contribution in [0.1, 0.15) is 22.8 Å². The number of hydrogen-bond acceptors (Lipinski definition) is 6. The lowest BCUT2D eigenvalue weighted by atomic mass is 10.1. The van der Waals surface area contributed by atoms with Crippen LogP contribution in [0.25, 0.3) is 11.0 Å². The summed E-state index contributed by atoms with van der Waals surface area (Å²) in [4.78, 5) is 30.4. The van der Waals surface area contributed by atoms with Crippen LogP contribution in [-0.4, -0.2) is 28.3 Å². The summed E-state index contributed by atoms with van der Waals surface area (Å²) in [5, 5.41) is 12.0. The molecule has 3 N–H and O–H groups in total. The Kier molecular flexibility index (Phi) is 5.48. The van der Waals surface area contributed by atoms with E-state index in [-0.39, 0.29) is 34.6 Å². The number of nitrogens with zero attached hydrogens (tertiary/aromatic N) is 1. The Bertz CT molecular complexity index is 1090. The number of aliphatic hydroxyl groups is 1. The molecule has 28 heavy (non-hydrogen) atoms. The Hall–Kier alpha value is -3.17. The van der Waals surface area contributed by atoms with Crippen LogP contribution in [0.4, 0.5) is 15.9 Å². The molecule has 1 aromatic carbocycles. The molecular formula is C19H20FN3O5. The summed E-state index contributed by atoms with van der Waals surface area (Å²) in [6.45, 7) is 3.00. The largest absolute Gasteiger partial charge is 0.463 e. The van der Waals surface area contributed by atoms with E-state index in [0.29, 0.717) is 0 Å². The maximum absolute atomic E-state index is 14.3. The van der Waals surface area contributed by atoms with Crippen LogP contribution in [0.3, 0.4) is 0 Å². The molecule has 0 saturated carbocycles. The van der Waals surface area contributed by atoms with Gasteiger partial charge in [-0.25, -0.2) is 9.87 Å². The van der Waals surface area contributed by atoms with Gasteiger partial charge in [-0.1, -0.05) is 6.07 Å². The van der Waals surface area contributed by atoms with E-state index in [1.54, 1.807) is 19.9 Å². The second-order valence-corrected chi connectivity index (χ2v) is 6.40. The summed E-state index contributed by atoms with van der Waals surface area (Å²) in [6.07, 6.45) is 0.644. The first-order valence-electron chi connectivity index (χ1n) is 8.53. The summed E-state index contributed by atoms with van der Waals surface area (Å²) in [5.74, 6) is -1.22. The number of amides is 1. The second kappa shape index (κ2) is 7.83. The number of carbonyl (C=O) groups is 1. The standard InChI is InChI=1S/C19H20FN3O5/c1-10-4-5-14(13(20)8-10)21-17-15(18(25)22-28-11(2)9-24)16-12(6-7-27-16)19(26)23(17)3/h4-8,11,21,24H,9H2,1-3H3,(H,22,25). The van der Waals surface area contributed by atoms with Crippen molar-refractivity contribution >= 4 is 28.4 Å². The van der Waals surface area contributed by atoms with Gasteiger partial charge in [-0.2, -0.15) is 0 Å². The first kappa shape index (κ1) is 19.6. The minimum Gasteiger partial charge on any atom is -0.463 e. The number of rotatable bonds is 6. The van der Waals surface area contributed by atoms with Gasteiger partial charge in [-0.05, 0) is 37.6 Å². The van der Waals surface area contributed by atoms with Crippen molar-refractivity contribution in [2.45, 2.75) is 20.0 Å². The number of benzene rings is 1. The minimum absolute atomic E-state index is 0.0350. The number of nitrogens with one attached hydrogen (secondary N) is 2. The molecule has 0 aliphatic rings. The third-order valence-electron chi connectivity index (χ3n) is 4.21. The monoisotopic (exact) mass is 389 g/mol. The predicted octanol–water partition coefficient (Wildman–Crippen LogP) is 2.36. The molecule has 0 aliphatic carbocycles. The number of hydrogen-bond donors (Lipinski definition) is 3. The van der Waals surface area contributed by atoms with Crippen LogP contribution in [0.2, 0.25) is 0 Å². The maximum Gasteiger partial charge on any atom is 0.282 e. The van der Waals surface area contributed by atoms with E-state index >= 15 is 0 Å². The average molecular weight is 389 g/mol. The van der Waals surface area contributed by atoms with Crippen LogP contribution in [0.5, 0.6) is 0 Å². The Labute approximate surface area is 159 Å². The molecule has 2 aromatic heterocycles. The lowest BCUT2D eigenvalue weighted by Crippen LogP contribution is -2.32. The fourth-order valence-electron chi connectivity index (χ4n) is 2.68. The van der Waals surface area contributed by atoms with Crippen molar-refractivity contribution in [3.8, 4) is 0 Å². The fourth-order valence-corrected chi connectivity index (χ4v) is 2.68. The van der Waals surface area contributed by atoms with Crippen molar-refractivity contribution in [3.63, 3.8) is 0 Å². The Morgan fingerprint density at radius 3 is 2.82 bits per heavy atom. The number of fused-ring (bicyclic) bond motifs is 1. The molecule has 1 unspecified atom stereocenters. The van der Waals surface area contributed by atoms with Crippen molar-refractivity contribution < 1.29 is 23.5 Å². The molecule has 0 spiro atoms. The zero-order valence-electron chi connectivity index (χ0n) is 15.6. The maximum atomic E-state index is 14.3. The first-order valence-corrected chi connectivity index (χ1v) is 8.53. The number of hydroxylamine groups is 1. The predicted molar refractivity (Wildman–Crippen MR) is 101 cm³/mol. The van der Waals surface area contributed by atoms with Gasteiger partial charge in [-0.3, -0.25) is 19.0 Å². The van der Waals surface area contributed by atoms with Gasteiger partial charge < -0.3 is 14.8 Å². The highest BCUT2D eigenvalue weighted by molar-refractivity contribution is 6.09. The quantitative estimate of drug-likeness (QED) is 0.559. The summed E-state index contributed by atoms with van der Waals surface area (Å²) >= 11 is 0. The van der Waals surface area contributed by atoms with Gasteiger partial charge in [0.15, 0.2) is 5.58 Å². The van der Waals surface area contributed by atoms with Crippen molar-refractivity contribution in [1.82, 2.24) is 10.0 Å². The van der Waals surface area contributed by atoms with Gasteiger partial charge >= 0.3 is 0 Å². The van der Waals surface area contributed by atoms with E-state index in [1.807, 2.05) is 0 Å². The molecular weight excluding hydrogens is 369 g/mol. The molecule has 0 fully saturated rings. The number of furan rings is 1. The van der Waals surface area contributed by atoms with Gasteiger partial charge in [0, 0.05) is 7.05 Å². The molecule has 1 amide bonds. The normalized spacial score (nSPS) is 12.2. The van der Waals surface area contributed by atoms with E-state index in [0.717, 1.165) is 5.56 Å². The Morgan fingerprint density at radius 1 is 1.39 bits per heavy atom. The molecule has 2 heterocycles. The number of anilines is 2. The van der Waals surface area contributed by atoms with E-state index in [4.69, 9.17) is 14.4 Å². The van der Waals surface area contributed by atoms with Crippen molar-refractivity contribution in [3.05, 3.63) is 57.8 Å². The molecule has 1 atom stereocenters. The van der Waals surface area contributed by atoms with Crippen LogP contribution < -0.4 is 16.4 Å². The molecule has 0 aliphatic heterocycles. The highest BCUT2D eigenvalue weighted by atomic mass is 19.1. The third-order valence-corrected chi connectivity index (χ3v) is 4.21. The zero-order valence-corrected chi connectivity index (χ0v) is 15.6. The summed E-state index contributed by atoms with van der Waals surface area (Å²) in [5.41, 5.74) is 2.62. The summed E-state index contributed by atoms with van der Waals surface area (Å²) < 4.78 is 20.9. The molecule has 0 saturated heterocycles. The number of aromatic nitrogens is 1. The first-order chi connectivity index (χ1) is 13.3. The zero-order chi connectivity index (χ0) is 20.4. The van der Waals surface area contributed by atoms with Crippen LogP contribution >= 0.6 is 0 Å². The molecule has 9 heteroatoms. The van der Waals surface area contributed by atoms with E-state index < -0.39 is 23.4 Å². The summed E-state index contributed by atoms with van der Waals surface area (Å²) in [6, 6.07) is 5.98.